The van der Waals surface area contributed by atoms with Crippen molar-refractivity contribution in [2.45, 2.75) is 32.2 Å². The van der Waals surface area contributed by atoms with Crippen molar-refractivity contribution in [2.75, 3.05) is 6.54 Å². The number of hydrogen-bond donors (Lipinski definition) is 3. The van der Waals surface area contributed by atoms with Crippen molar-refractivity contribution in [3.05, 3.63) is 12.2 Å². The van der Waals surface area contributed by atoms with Gasteiger partial charge in [-0.2, -0.15) is 0 Å². The van der Waals surface area contributed by atoms with Crippen LogP contribution in [0.2, 0.25) is 0 Å². The van der Waals surface area contributed by atoms with E-state index in [4.69, 9.17) is 16.6 Å². The summed E-state index contributed by atoms with van der Waals surface area (Å²) >= 11 is 0. The summed E-state index contributed by atoms with van der Waals surface area (Å²) < 4.78 is 0. The molecule has 5 N–H and O–H groups in total. The fraction of sp³-hybridized carbons (Fsp3) is 0.600. The molecule has 1 atom stereocenters. The zero-order chi connectivity index (χ0) is 11.7. The van der Waals surface area contributed by atoms with Crippen molar-refractivity contribution in [2.24, 2.45) is 16.5 Å². The first-order valence-corrected chi connectivity index (χ1v) is 4.96. The highest BCUT2D eigenvalue weighted by atomic mass is 35.5. The van der Waals surface area contributed by atoms with E-state index < -0.39 is 12.0 Å². The van der Waals surface area contributed by atoms with Gasteiger partial charge >= 0.3 is 5.97 Å². The number of amidine groups is 1. The molecular formula is C10H20ClN3O2. The normalized spacial score (nSPS) is 13.5. The van der Waals surface area contributed by atoms with Crippen molar-refractivity contribution in [3.63, 3.8) is 0 Å². The molecule has 0 spiro atoms. The molecule has 0 aromatic heterocycles. The summed E-state index contributed by atoms with van der Waals surface area (Å²) in [6, 6.07) is -0.794. The zero-order valence-corrected chi connectivity index (χ0v) is 10.2. The molecule has 0 aromatic carbocycles. The van der Waals surface area contributed by atoms with Gasteiger partial charge in [0, 0.05) is 13.0 Å². The van der Waals surface area contributed by atoms with Crippen LogP contribution in [0.4, 0.5) is 0 Å². The predicted octanol–water partition coefficient (Wildman–Crippen LogP) is 0.924. The molecule has 0 heterocycles. The largest absolute Gasteiger partial charge is 0.480 e. The Morgan fingerprint density at radius 3 is 2.69 bits per heavy atom. The van der Waals surface area contributed by atoms with E-state index in [1.54, 1.807) is 0 Å². The molecule has 0 aromatic rings. The molecule has 0 radical (unpaired) electrons. The van der Waals surface area contributed by atoms with Gasteiger partial charge in [-0.25, -0.2) is 0 Å². The molecule has 0 rings (SSSR count). The molecule has 0 aliphatic heterocycles. The number of carbonyl (C=O) groups is 1. The second kappa shape index (κ2) is 10.4. The highest BCUT2D eigenvalue weighted by Crippen LogP contribution is 1.95. The number of carboxylic acids is 1. The molecule has 0 amide bonds. The Hall–Kier alpha value is -1.07. The third-order valence-corrected chi connectivity index (χ3v) is 1.87. The summed E-state index contributed by atoms with van der Waals surface area (Å²) in [4.78, 5) is 14.5. The van der Waals surface area contributed by atoms with E-state index in [1.807, 2.05) is 19.1 Å². The van der Waals surface area contributed by atoms with Crippen LogP contribution in [0.5, 0.6) is 0 Å². The van der Waals surface area contributed by atoms with Crippen LogP contribution in [0.3, 0.4) is 0 Å². The van der Waals surface area contributed by atoms with Gasteiger partial charge in [0.2, 0.25) is 0 Å². The molecule has 6 heteroatoms. The number of aliphatic imine (C=N–C) groups is 1. The van der Waals surface area contributed by atoms with Gasteiger partial charge in [-0.15, -0.1) is 12.4 Å². The average Bonchev–Trinajstić information content (AvgIpc) is 2.20. The molecule has 94 valence electrons. The Bertz CT molecular complexity index is 254. The maximum absolute atomic E-state index is 10.4. The van der Waals surface area contributed by atoms with Gasteiger partial charge < -0.3 is 16.6 Å². The molecule has 0 aliphatic carbocycles. The van der Waals surface area contributed by atoms with E-state index in [-0.39, 0.29) is 12.4 Å². The van der Waals surface area contributed by atoms with E-state index in [0.717, 1.165) is 0 Å². The Labute approximate surface area is 102 Å². The van der Waals surface area contributed by atoms with Crippen LogP contribution in [0.25, 0.3) is 0 Å². The summed E-state index contributed by atoms with van der Waals surface area (Å²) in [5.74, 6) is -0.405. The predicted molar refractivity (Wildman–Crippen MR) is 68.0 cm³/mol. The van der Waals surface area contributed by atoms with Crippen LogP contribution >= 0.6 is 12.4 Å². The van der Waals surface area contributed by atoms with Crippen LogP contribution in [0.15, 0.2) is 17.1 Å². The number of carboxylic acid groups (broad SMARTS) is 1. The summed E-state index contributed by atoms with van der Waals surface area (Å²) in [7, 11) is 0. The van der Waals surface area contributed by atoms with E-state index in [9.17, 15) is 4.79 Å². The Kier molecular flexibility index (Phi) is 11.3. The average molecular weight is 250 g/mol. The minimum atomic E-state index is -0.971. The quantitative estimate of drug-likeness (QED) is 0.270. The van der Waals surface area contributed by atoms with Gasteiger partial charge in [-0.05, 0) is 19.8 Å². The fourth-order valence-electron chi connectivity index (χ4n) is 0.960. The minimum Gasteiger partial charge on any atom is -0.480 e. The Balaban J connectivity index is 0. The van der Waals surface area contributed by atoms with Gasteiger partial charge in [0.05, 0.1) is 5.84 Å². The maximum atomic E-state index is 10.4. The van der Waals surface area contributed by atoms with Crippen molar-refractivity contribution < 1.29 is 9.90 Å². The summed E-state index contributed by atoms with van der Waals surface area (Å²) in [6.45, 7) is 2.45. The van der Waals surface area contributed by atoms with E-state index >= 15 is 0 Å². The summed E-state index contributed by atoms with van der Waals surface area (Å²) in [5.41, 5.74) is 10.9. The number of allylic oxidation sites excluding steroid dienone is 1. The van der Waals surface area contributed by atoms with Crippen LogP contribution in [0.1, 0.15) is 26.2 Å². The van der Waals surface area contributed by atoms with Gasteiger partial charge in [-0.1, -0.05) is 12.2 Å². The lowest BCUT2D eigenvalue weighted by molar-refractivity contribution is -0.138. The van der Waals surface area contributed by atoms with Gasteiger partial charge in [0.1, 0.15) is 6.04 Å². The molecule has 0 unspecified atom stereocenters. The molecule has 0 aliphatic rings. The molecule has 0 saturated heterocycles. The van der Waals surface area contributed by atoms with E-state index in [1.165, 1.54) is 0 Å². The molecule has 0 fully saturated rings. The number of aliphatic carboxylic acids is 1. The van der Waals surface area contributed by atoms with Crippen LogP contribution in [-0.2, 0) is 4.79 Å². The number of nitrogens with zero attached hydrogens (tertiary/aromatic N) is 1. The van der Waals surface area contributed by atoms with Gasteiger partial charge in [0.15, 0.2) is 0 Å². The van der Waals surface area contributed by atoms with Crippen molar-refractivity contribution in [1.82, 2.24) is 0 Å². The number of nitrogens with two attached hydrogens (primary N) is 2. The second-order valence-corrected chi connectivity index (χ2v) is 3.23. The monoisotopic (exact) mass is 249 g/mol. The van der Waals surface area contributed by atoms with E-state index in [2.05, 4.69) is 4.99 Å². The maximum Gasteiger partial charge on any atom is 0.320 e. The number of halogens is 1. The third-order valence-electron chi connectivity index (χ3n) is 1.87. The molecule has 16 heavy (non-hydrogen) atoms. The first kappa shape index (κ1) is 17.3. The molecule has 0 bridgehead atoms. The molecule has 0 saturated carbocycles. The third kappa shape index (κ3) is 9.48. The smallest absolute Gasteiger partial charge is 0.320 e. The Morgan fingerprint density at radius 1 is 1.56 bits per heavy atom. The lowest BCUT2D eigenvalue weighted by Crippen LogP contribution is -2.30. The first-order chi connectivity index (χ1) is 7.07. The summed E-state index contributed by atoms with van der Waals surface area (Å²) in [5, 5.41) is 8.51. The van der Waals surface area contributed by atoms with Crippen molar-refractivity contribution >= 4 is 24.2 Å². The fourth-order valence-corrected chi connectivity index (χ4v) is 0.960. The van der Waals surface area contributed by atoms with E-state index in [0.29, 0.717) is 31.6 Å². The SMILES string of the molecule is CC=CCC(N)=NCCC[C@H](N)C(=O)O.Cl. The number of rotatable bonds is 7. The molecule has 5 nitrogen and oxygen atoms in total. The van der Waals surface area contributed by atoms with Gasteiger partial charge in [0.25, 0.3) is 0 Å². The molecular weight excluding hydrogens is 230 g/mol. The minimum absolute atomic E-state index is 0. The first-order valence-electron chi connectivity index (χ1n) is 4.96. The van der Waals surface area contributed by atoms with Crippen LogP contribution in [-0.4, -0.2) is 29.5 Å². The Morgan fingerprint density at radius 2 is 2.19 bits per heavy atom. The highest BCUT2D eigenvalue weighted by Gasteiger charge is 2.09. The van der Waals surface area contributed by atoms with Crippen LogP contribution in [0, 0.1) is 0 Å². The topological polar surface area (TPSA) is 102 Å². The summed E-state index contributed by atoms with van der Waals surface area (Å²) in [6.07, 6.45) is 5.53. The second-order valence-electron chi connectivity index (χ2n) is 3.23. The standard InChI is InChI=1S/C10H19N3O2.ClH/c1-2-3-6-9(12)13-7-4-5-8(11)10(14)15;/h2-3,8H,4-7,11H2,1H3,(H2,12,13)(H,14,15);1H/t8-;/m0./s1. The van der Waals surface area contributed by atoms with Crippen LogP contribution < -0.4 is 11.5 Å². The number of hydrogen-bond acceptors (Lipinski definition) is 3. The van der Waals surface area contributed by atoms with Crippen molar-refractivity contribution in [3.8, 4) is 0 Å². The van der Waals surface area contributed by atoms with Gasteiger partial charge in [-0.3, -0.25) is 9.79 Å². The zero-order valence-electron chi connectivity index (χ0n) is 9.43. The highest BCUT2D eigenvalue weighted by molar-refractivity contribution is 5.85. The van der Waals surface area contributed by atoms with Crippen molar-refractivity contribution in [1.29, 1.82) is 0 Å². The lowest BCUT2D eigenvalue weighted by Gasteiger charge is -2.03. The lowest BCUT2D eigenvalue weighted by atomic mass is 10.2.